The van der Waals surface area contributed by atoms with Gasteiger partial charge >= 0.3 is 5.97 Å². The molecule has 0 fully saturated rings. The second kappa shape index (κ2) is 8.85. The topological polar surface area (TPSA) is 98.9 Å². The Labute approximate surface area is 162 Å². The minimum atomic E-state index is -0.620. The summed E-state index contributed by atoms with van der Waals surface area (Å²) in [4.78, 5) is 37.4. The van der Waals surface area contributed by atoms with Crippen molar-refractivity contribution in [3.05, 3.63) is 65.7 Å². The standard InChI is InChI=1S/C21H20N2O5/c22-19(24)10-11-23(17-7-2-1-3-8-17)20(25)14-28-21(26)16-12-15-6-4-5-9-18(15)27-13-16/h1-9,12H,10-11,13-14H2,(H2,22,24). The summed E-state index contributed by atoms with van der Waals surface area (Å²) in [5.41, 5.74) is 6.90. The number of anilines is 1. The zero-order chi connectivity index (χ0) is 19.9. The van der Waals surface area contributed by atoms with Gasteiger partial charge in [0.1, 0.15) is 12.4 Å². The van der Waals surface area contributed by atoms with E-state index in [2.05, 4.69) is 0 Å². The number of fused-ring (bicyclic) bond motifs is 1. The van der Waals surface area contributed by atoms with Crippen molar-refractivity contribution in [3.8, 4) is 5.75 Å². The molecular formula is C21H20N2O5. The first-order valence-electron chi connectivity index (χ1n) is 8.78. The number of hydrogen-bond acceptors (Lipinski definition) is 5. The normalized spacial score (nSPS) is 12.2. The van der Waals surface area contributed by atoms with Gasteiger partial charge in [-0.2, -0.15) is 0 Å². The molecule has 0 spiro atoms. The minimum absolute atomic E-state index is 0.00432. The first kappa shape index (κ1) is 19.2. The fourth-order valence-electron chi connectivity index (χ4n) is 2.76. The van der Waals surface area contributed by atoms with Gasteiger partial charge in [0.15, 0.2) is 6.61 Å². The van der Waals surface area contributed by atoms with Crippen LogP contribution in [-0.2, 0) is 19.1 Å². The van der Waals surface area contributed by atoms with Crippen LogP contribution < -0.4 is 15.4 Å². The molecule has 2 N–H and O–H groups in total. The number of amides is 2. The van der Waals surface area contributed by atoms with Crippen LogP contribution in [0, 0.1) is 0 Å². The van der Waals surface area contributed by atoms with Crippen LogP contribution in [0.15, 0.2) is 60.2 Å². The van der Waals surface area contributed by atoms with E-state index in [1.54, 1.807) is 30.3 Å². The minimum Gasteiger partial charge on any atom is -0.488 e. The van der Waals surface area contributed by atoms with E-state index in [0.717, 1.165) is 5.56 Å². The van der Waals surface area contributed by atoms with E-state index < -0.39 is 24.4 Å². The SMILES string of the molecule is NC(=O)CCN(C(=O)COC(=O)C1=Cc2ccccc2OC1)c1ccccc1. The van der Waals surface area contributed by atoms with Crippen LogP contribution in [0.2, 0.25) is 0 Å². The van der Waals surface area contributed by atoms with Crippen LogP contribution in [0.3, 0.4) is 0 Å². The van der Waals surface area contributed by atoms with E-state index in [1.807, 2.05) is 30.3 Å². The van der Waals surface area contributed by atoms with Crippen LogP contribution >= 0.6 is 0 Å². The van der Waals surface area contributed by atoms with E-state index in [1.165, 1.54) is 4.90 Å². The molecule has 0 saturated heterocycles. The van der Waals surface area contributed by atoms with Gasteiger partial charge in [0.2, 0.25) is 5.91 Å². The number of nitrogens with zero attached hydrogens (tertiary/aromatic N) is 1. The van der Waals surface area contributed by atoms with Gasteiger partial charge in [-0.15, -0.1) is 0 Å². The maximum atomic E-state index is 12.6. The Morgan fingerprint density at radius 2 is 1.75 bits per heavy atom. The van der Waals surface area contributed by atoms with Crippen molar-refractivity contribution in [2.75, 3.05) is 24.7 Å². The van der Waals surface area contributed by atoms with Crippen molar-refractivity contribution < 1.29 is 23.9 Å². The average molecular weight is 380 g/mol. The van der Waals surface area contributed by atoms with Crippen molar-refractivity contribution in [2.45, 2.75) is 6.42 Å². The lowest BCUT2D eigenvalue weighted by Crippen LogP contribution is -2.37. The lowest BCUT2D eigenvalue weighted by Gasteiger charge is -2.22. The van der Waals surface area contributed by atoms with E-state index in [0.29, 0.717) is 17.0 Å². The summed E-state index contributed by atoms with van der Waals surface area (Å²) in [7, 11) is 0. The fraction of sp³-hybridized carbons (Fsp3) is 0.190. The third-order valence-corrected chi connectivity index (χ3v) is 4.17. The molecule has 7 heteroatoms. The summed E-state index contributed by atoms with van der Waals surface area (Å²) in [5.74, 6) is -0.893. The molecule has 0 aliphatic carbocycles. The molecule has 0 unspecified atom stereocenters. The van der Waals surface area contributed by atoms with E-state index in [4.69, 9.17) is 15.2 Å². The van der Waals surface area contributed by atoms with Gasteiger partial charge in [-0.3, -0.25) is 9.59 Å². The number of benzene rings is 2. The van der Waals surface area contributed by atoms with Crippen molar-refractivity contribution in [1.82, 2.24) is 0 Å². The molecule has 1 heterocycles. The second-order valence-corrected chi connectivity index (χ2v) is 6.17. The number of hydrogen-bond donors (Lipinski definition) is 1. The molecule has 1 aliphatic rings. The Morgan fingerprint density at radius 1 is 1.04 bits per heavy atom. The molecule has 144 valence electrons. The van der Waals surface area contributed by atoms with Crippen LogP contribution in [0.25, 0.3) is 6.08 Å². The zero-order valence-electron chi connectivity index (χ0n) is 15.2. The fourth-order valence-corrected chi connectivity index (χ4v) is 2.76. The van der Waals surface area contributed by atoms with Crippen LogP contribution in [0.1, 0.15) is 12.0 Å². The van der Waals surface area contributed by atoms with E-state index in [9.17, 15) is 14.4 Å². The van der Waals surface area contributed by atoms with Crippen molar-refractivity contribution >= 4 is 29.5 Å². The van der Waals surface area contributed by atoms with Gasteiger partial charge < -0.3 is 20.1 Å². The Hall–Kier alpha value is -3.61. The molecule has 0 saturated carbocycles. The number of nitrogens with two attached hydrogens (primary N) is 1. The quantitative estimate of drug-likeness (QED) is 0.740. The van der Waals surface area contributed by atoms with Crippen molar-refractivity contribution in [1.29, 1.82) is 0 Å². The van der Waals surface area contributed by atoms with Gasteiger partial charge in [-0.05, 0) is 24.3 Å². The van der Waals surface area contributed by atoms with Gasteiger partial charge in [0.25, 0.3) is 5.91 Å². The molecule has 28 heavy (non-hydrogen) atoms. The maximum absolute atomic E-state index is 12.6. The molecule has 0 radical (unpaired) electrons. The number of rotatable bonds is 7. The number of carbonyl (C=O) groups is 3. The van der Waals surface area contributed by atoms with Gasteiger partial charge in [0, 0.05) is 24.2 Å². The number of primary amides is 1. The molecule has 0 aromatic heterocycles. The molecule has 7 nitrogen and oxygen atoms in total. The maximum Gasteiger partial charge on any atom is 0.338 e. The molecule has 2 aromatic carbocycles. The zero-order valence-corrected chi connectivity index (χ0v) is 15.2. The molecule has 1 aliphatic heterocycles. The summed E-state index contributed by atoms with van der Waals surface area (Å²) < 4.78 is 10.7. The highest BCUT2D eigenvalue weighted by molar-refractivity contribution is 5.99. The Morgan fingerprint density at radius 3 is 2.50 bits per heavy atom. The Kier molecular flexibility index (Phi) is 6.06. The van der Waals surface area contributed by atoms with E-state index >= 15 is 0 Å². The van der Waals surface area contributed by atoms with Crippen molar-refractivity contribution in [3.63, 3.8) is 0 Å². The number of esters is 1. The predicted octanol–water partition coefficient (Wildman–Crippen LogP) is 1.91. The van der Waals surface area contributed by atoms with Gasteiger partial charge in [-0.25, -0.2) is 4.79 Å². The van der Waals surface area contributed by atoms with Gasteiger partial charge in [0.05, 0.1) is 5.57 Å². The summed E-state index contributed by atoms with van der Waals surface area (Å²) in [6.45, 7) is -0.269. The lowest BCUT2D eigenvalue weighted by atomic mass is 10.1. The Balaban J connectivity index is 1.65. The van der Waals surface area contributed by atoms with E-state index in [-0.39, 0.29) is 19.6 Å². The molecule has 2 aromatic rings. The van der Waals surface area contributed by atoms with Crippen LogP contribution in [0.5, 0.6) is 5.75 Å². The smallest absolute Gasteiger partial charge is 0.338 e. The third kappa shape index (κ3) is 4.76. The largest absolute Gasteiger partial charge is 0.488 e. The first-order chi connectivity index (χ1) is 13.5. The third-order valence-electron chi connectivity index (χ3n) is 4.17. The number of para-hydroxylation sites is 2. The number of carbonyl (C=O) groups excluding carboxylic acids is 3. The predicted molar refractivity (Wildman–Crippen MR) is 103 cm³/mol. The lowest BCUT2D eigenvalue weighted by molar-refractivity contribution is -0.144. The Bertz CT molecular complexity index is 908. The number of ether oxygens (including phenoxy) is 2. The van der Waals surface area contributed by atoms with Crippen LogP contribution in [-0.4, -0.2) is 37.5 Å². The molecular weight excluding hydrogens is 360 g/mol. The van der Waals surface area contributed by atoms with Gasteiger partial charge in [-0.1, -0.05) is 36.4 Å². The van der Waals surface area contributed by atoms with Crippen LogP contribution in [0.4, 0.5) is 5.69 Å². The highest BCUT2D eigenvalue weighted by Gasteiger charge is 2.22. The molecule has 0 bridgehead atoms. The molecule has 0 atom stereocenters. The summed E-state index contributed by atoms with van der Waals surface area (Å²) in [6.07, 6.45) is 1.69. The monoisotopic (exact) mass is 380 g/mol. The van der Waals surface area contributed by atoms with Crippen molar-refractivity contribution in [2.24, 2.45) is 5.73 Å². The molecule has 2 amide bonds. The first-order valence-corrected chi connectivity index (χ1v) is 8.78. The summed E-state index contributed by atoms with van der Waals surface area (Å²) >= 11 is 0. The summed E-state index contributed by atoms with van der Waals surface area (Å²) in [5, 5.41) is 0. The highest BCUT2D eigenvalue weighted by atomic mass is 16.5. The highest BCUT2D eigenvalue weighted by Crippen LogP contribution is 2.26. The average Bonchev–Trinajstić information content (AvgIpc) is 2.72. The molecule has 3 rings (SSSR count). The summed E-state index contributed by atoms with van der Waals surface area (Å²) in [6, 6.07) is 16.1. The second-order valence-electron chi connectivity index (χ2n) is 6.17.